The Labute approximate surface area is 275 Å². The Morgan fingerprint density at radius 3 is 1.90 bits per heavy atom. The normalized spacial score (nSPS) is 12.7. The second kappa shape index (κ2) is 12.1. The van der Waals surface area contributed by atoms with Gasteiger partial charge in [0.05, 0.1) is 10.5 Å². The molecule has 48 heavy (non-hydrogen) atoms. The van der Waals surface area contributed by atoms with Crippen molar-refractivity contribution in [3.05, 3.63) is 101 Å². The lowest BCUT2D eigenvalue weighted by Gasteiger charge is -2.29. The van der Waals surface area contributed by atoms with Gasteiger partial charge >= 0.3 is 12.0 Å². The molecule has 5 aromatic rings. The number of benzene rings is 4. The number of aromatic hydroxyl groups is 2. The summed E-state index contributed by atoms with van der Waals surface area (Å²) in [5.41, 5.74) is 1.70. The van der Waals surface area contributed by atoms with Crippen molar-refractivity contribution < 1.29 is 46.5 Å². The molecule has 0 unspecified atom stereocenters. The van der Waals surface area contributed by atoms with E-state index in [-0.39, 0.29) is 50.0 Å². The van der Waals surface area contributed by atoms with Gasteiger partial charge in [-0.05, 0) is 54.1 Å². The molecule has 4 aromatic carbocycles. The lowest BCUT2D eigenvalue weighted by molar-refractivity contribution is 0.0695. The summed E-state index contributed by atoms with van der Waals surface area (Å²) in [6.07, 6.45) is 0. The zero-order chi connectivity index (χ0) is 34.4. The van der Waals surface area contributed by atoms with Gasteiger partial charge in [-0.2, -0.15) is 0 Å². The van der Waals surface area contributed by atoms with E-state index < -0.39 is 42.3 Å². The third-order valence-electron chi connectivity index (χ3n) is 6.98. The summed E-state index contributed by atoms with van der Waals surface area (Å²) in [4.78, 5) is 25.0. The summed E-state index contributed by atoms with van der Waals surface area (Å²) in [5, 5.41) is 46.7. The van der Waals surface area contributed by atoms with Crippen LogP contribution in [0.5, 0.6) is 23.0 Å². The third-order valence-corrected chi connectivity index (χ3v) is 10.6. The van der Waals surface area contributed by atoms with Gasteiger partial charge in [0, 0.05) is 40.6 Å². The molecule has 0 saturated carbocycles. The Morgan fingerprint density at radius 2 is 1.33 bits per heavy atom. The maximum atomic E-state index is 12.8. The van der Waals surface area contributed by atoms with Gasteiger partial charge < -0.3 is 30.7 Å². The molecular weight excluding hydrogens is 689 g/mol. The van der Waals surface area contributed by atoms with E-state index in [0.29, 0.717) is 28.0 Å². The molecule has 2 amide bonds. The van der Waals surface area contributed by atoms with Gasteiger partial charge in [-0.15, -0.1) is 10.2 Å². The van der Waals surface area contributed by atoms with E-state index in [2.05, 4.69) is 25.6 Å². The lowest BCUT2D eigenvalue weighted by Crippen LogP contribution is -2.20. The maximum absolute atomic E-state index is 12.8. The number of primary sulfonamides is 1. The van der Waals surface area contributed by atoms with Crippen molar-refractivity contribution in [2.45, 2.75) is 15.2 Å². The fourth-order valence-electron chi connectivity index (χ4n) is 4.94. The second-order valence-electron chi connectivity index (χ2n) is 10.2. The van der Waals surface area contributed by atoms with Crippen molar-refractivity contribution in [2.75, 3.05) is 15.4 Å². The molecule has 0 bridgehead atoms. The number of rotatable bonds is 8. The summed E-state index contributed by atoms with van der Waals surface area (Å²) < 4.78 is 55.6. The Bertz CT molecular complexity index is 2280. The van der Waals surface area contributed by atoms with Crippen LogP contribution in [0, 0.1) is 0 Å². The molecule has 1 aliphatic heterocycles. The number of carbonyl (C=O) groups excluding carboxylic acids is 1. The number of nitrogens with two attached hydrogens (primary N) is 1. The van der Waals surface area contributed by atoms with Gasteiger partial charge in [0.2, 0.25) is 9.47 Å². The molecule has 8 N–H and O–H groups in total. The summed E-state index contributed by atoms with van der Waals surface area (Å²) in [6, 6.07) is 17.4. The first kappa shape index (κ1) is 32.2. The molecule has 16 nitrogen and oxygen atoms in total. The first-order valence-electron chi connectivity index (χ1n) is 13.5. The average molecular weight is 711 g/mol. The van der Waals surface area contributed by atoms with E-state index in [1.54, 1.807) is 18.2 Å². The van der Waals surface area contributed by atoms with Crippen LogP contribution < -0.4 is 25.2 Å². The molecule has 0 saturated heterocycles. The summed E-state index contributed by atoms with van der Waals surface area (Å²) >= 11 is 0.429. The number of carboxylic acids is 1. The van der Waals surface area contributed by atoms with Crippen LogP contribution in [0.1, 0.15) is 33.0 Å². The summed E-state index contributed by atoms with van der Waals surface area (Å²) in [7, 11) is -8.37. The topological polar surface area (TPSA) is 260 Å². The number of hydrogen-bond acceptors (Lipinski definition) is 12. The van der Waals surface area contributed by atoms with Crippen LogP contribution in [0.25, 0.3) is 0 Å². The first-order valence-corrected chi connectivity index (χ1v) is 17.3. The summed E-state index contributed by atoms with van der Waals surface area (Å²) in [6.45, 7) is 0. The van der Waals surface area contributed by atoms with E-state index in [0.717, 1.165) is 0 Å². The number of anilines is 3. The number of phenolic OH excluding ortho intramolecular Hbond substituents is 2. The van der Waals surface area contributed by atoms with Gasteiger partial charge in [-0.3, -0.25) is 4.72 Å². The van der Waals surface area contributed by atoms with Crippen LogP contribution in [0.15, 0.2) is 88.1 Å². The van der Waals surface area contributed by atoms with E-state index in [9.17, 15) is 41.7 Å². The van der Waals surface area contributed by atoms with Gasteiger partial charge in [0.1, 0.15) is 23.0 Å². The number of aromatic nitrogens is 2. The van der Waals surface area contributed by atoms with Gasteiger partial charge in [0.15, 0.2) is 0 Å². The predicted molar refractivity (Wildman–Crippen MR) is 172 cm³/mol. The van der Waals surface area contributed by atoms with Crippen molar-refractivity contribution in [1.29, 1.82) is 0 Å². The zero-order valence-electron chi connectivity index (χ0n) is 24.0. The number of aromatic carboxylic acids is 1. The molecule has 0 spiro atoms. The van der Waals surface area contributed by atoms with Crippen LogP contribution in [0.2, 0.25) is 0 Å². The molecule has 0 fully saturated rings. The van der Waals surface area contributed by atoms with Gasteiger partial charge in [-0.25, -0.2) is 31.6 Å². The van der Waals surface area contributed by atoms with Gasteiger partial charge in [-0.1, -0.05) is 29.5 Å². The molecule has 0 radical (unpaired) electrons. The quantitative estimate of drug-likeness (QED) is 0.118. The molecule has 1 aromatic heterocycles. The van der Waals surface area contributed by atoms with Crippen molar-refractivity contribution in [3.63, 3.8) is 0 Å². The SMILES string of the molecule is NS(=O)(=O)c1nnc(NS(=O)(=O)c2ccc(NC(=O)Nc3ccc(C4c5ccc(O)cc5Oc5cc(O)ccc54)c(C(=O)O)c3)cc2)s1. The highest BCUT2D eigenvalue weighted by atomic mass is 32.2. The average Bonchev–Trinajstić information content (AvgIpc) is 3.49. The molecular formula is C29H22N6O10S3. The van der Waals surface area contributed by atoms with Crippen LogP contribution >= 0.6 is 11.3 Å². The lowest BCUT2D eigenvalue weighted by atomic mass is 9.80. The van der Waals surface area contributed by atoms with E-state index in [1.807, 2.05) is 0 Å². The predicted octanol–water partition coefficient (Wildman–Crippen LogP) is 4.03. The van der Waals surface area contributed by atoms with Crippen LogP contribution in [-0.2, 0) is 20.0 Å². The molecule has 2 heterocycles. The second-order valence-corrected chi connectivity index (χ2v) is 14.6. The standard InChI is InChI=1S/C29H22N6O10S3/c30-47(41,42)29-34-33-28(46-29)35-48(43,44)18-6-1-14(2-7-18)31-27(40)32-15-3-8-19(22(11-15)26(38)39)25-20-9-4-16(36)12-23(20)45-24-13-17(37)5-10-21(24)25/h1-13,25,36-37H,(H,33,35)(H,38,39)(H2,30,41,42)(H2,31,32,40). The third kappa shape index (κ3) is 6.55. The fourth-order valence-corrected chi connectivity index (χ4v) is 7.51. The van der Waals surface area contributed by atoms with Crippen molar-refractivity contribution in [2.24, 2.45) is 5.14 Å². The van der Waals surface area contributed by atoms with Crippen LogP contribution in [0.3, 0.4) is 0 Å². The monoisotopic (exact) mass is 710 g/mol. The first-order chi connectivity index (χ1) is 22.7. The number of amides is 2. The van der Waals surface area contributed by atoms with E-state index in [4.69, 9.17) is 9.88 Å². The number of carbonyl (C=O) groups is 2. The zero-order valence-corrected chi connectivity index (χ0v) is 26.4. The number of nitrogens with zero attached hydrogens (tertiary/aromatic N) is 2. The molecule has 19 heteroatoms. The minimum atomic E-state index is -4.20. The highest BCUT2D eigenvalue weighted by molar-refractivity contribution is 7.93. The number of ether oxygens (including phenoxy) is 1. The van der Waals surface area contributed by atoms with E-state index >= 15 is 0 Å². The Hall–Kier alpha value is -5.76. The molecule has 6 rings (SSSR count). The summed E-state index contributed by atoms with van der Waals surface area (Å²) in [5.74, 6) is -1.51. The fraction of sp³-hybridized carbons (Fsp3) is 0.0345. The number of sulfonamides is 2. The van der Waals surface area contributed by atoms with E-state index in [1.165, 1.54) is 60.7 Å². The molecule has 1 aliphatic rings. The Morgan fingerprint density at radius 1 is 0.771 bits per heavy atom. The number of urea groups is 1. The largest absolute Gasteiger partial charge is 0.508 e. The number of fused-ring (bicyclic) bond motifs is 2. The van der Waals surface area contributed by atoms with Crippen molar-refractivity contribution >= 4 is 59.9 Å². The maximum Gasteiger partial charge on any atom is 0.336 e. The van der Waals surface area contributed by atoms with Crippen LogP contribution in [-0.4, -0.2) is 54.4 Å². The number of phenols is 2. The Balaban J connectivity index is 1.20. The van der Waals surface area contributed by atoms with Crippen molar-refractivity contribution in [3.8, 4) is 23.0 Å². The molecule has 0 atom stereocenters. The number of carboxylic acid groups (broad SMARTS) is 1. The van der Waals surface area contributed by atoms with Crippen LogP contribution in [0.4, 0.5) is 21.3 Å². The molecule has 0 aliphatic carbocycles. The van der Waals surface area contributed by atoms with Crippen molar-refractivity contribution in [1.82, 2.24) is 10.2 Å². The molecule has 246 valence electrons. The number of hydrogen-bond donors (Lipinski definition) is 7. The minimum absolute atomic E-state index is 0.0674. The highest BCUT2D eigenvalue weighted by Gasteiger charge is 2.32. The highest BCUT2D eigenvalue weighted by Crippen LogP contribution is 2.50. The number of nitrogens with one attached hydrogen (secondary N) is 3. The van der Waals surface area contributed by atoms with Gasteiger partial charge in [0.25, 0.3) is 20.0 Å². The smallest absolute Gasteiger partial charge is 0.336 e. The minimum Gasteiger partial charge on any atom is -0.508 e. The Kier molecular flexibility index (Phi) is 8.13.